The molecule has 0 radical (unpaired) electrons. The summed E-state index contributed by atoms with van der Waals surface area (Å²) >= 11 is 0. The summed E-state index contributed by atoms with van der Waals surface area (Å²) in [5.74, 6) is -1.18. The van der Waals surface area contributed by atoms with Gasteiger partial charge in [-0.3, -0.25) is 4.79 Å². The fourth-order valence-electron chi connectivity index (χ4n) is 3.65. The maximum atomic E-state index is 14.2. The van der Waals surface area contributed by atoms with Crippen LogP contribution in [-0.2, 0) is 19.1 Å². The monoisotopic (exact) mass is 254 g/mol. The van der Waals surface area contributed by atoms with E-state index in [1.807, 2.05) is 0 Å². The van der Waals surface area contributed by atoms with Crippen molar-refractivity contribution < 1.29 is 23.5 Å². The second kappa shape index (κ2) is 3.33. The zero-order chi connectivity index (χ0) is 13.1. The van der Waals surface area contributed by atoms with Crippen LogP contribution in [0.15, 0.2) is 11.6 Å². The Bertz CT molecular complexity index is 468. The third kappa shape index (κ3) is 1.36. The highest BCUT2D eigenvalue weighted by molar-refractivity contribution is 5.95. The third-order valence-electron chi connectivity index (χ3n) is 4.16. The molecule has 2 fully saturated rings. The quantitative estimate of drug-likeness (QED) is 0.668. The maximum Gasteiger partial charge on any atom is 0.338 e. The lowest BCUT2D eigenvalue weighted by Crippen LogP contribution is -2.50. The SMILES string of the molecule is CC(=O)O[C@]12C3=C[C@@](C)(F)C[C@H]1CC[C@H]2OC3=O. The number of carbonyl (C=O) groups excluding carboxylic acids is 2. The molecule has 1 aliphatic heterocycles. The Kier molecular flexibility index (Phi) is 2.17. The predicted octanol–water partition coefficient (Wildman–Crippen LogP) is 1.68. The van der Waals surface area contributed by atoms with Crippen molar-refractivity contribution in [1.29, 1.82) is 0 Å². The fraction of sp³-hybridized carbons (Fsp3) is 0.692. The maximum absolute atomic E-state index is 14.2. The molecule has 1 saturated heterocycles. The van der Waals surface area contributed by atoms with E-state index < -0.39 is 29.3 Å². The molecule has 0 amide bonds. The normalized spacial score (nSPS) is 45.3. The summed E-state index contributed by atoms with van der Waals surface area (Å²) < 4.78 is 24.9. The Morgan fingerprint density at radius 1 is 1.56 bits per heavy atom. The summed E-state index contributed by atoms with van der Waals surface area (Å²) in [5.41, 5.74) is -2.38. The highest BCUT2D eigenvalue weighted by atomic mass is 19.1. The van der Waals surface area contributed by atoms with E-state index in [0.717, 1.165) is 0 Å². The van der Waals surface area contributed by atoms with Gasteiger partial charge < -0.3 is 9.47 Å². The first-order valence-electron chi connectivity index (χ1n) is 6.18. The zero-order valence-electron chi connectivity index (χ0n) is 10.4. The first-order valence-corrected chi connectivity index (χ1v) is 6.18. The molecular weight excluding hydrogens is 239 g/mol. The van der Waals surface area contributed by atoms with Gasteiger partial charge >= 0.3 is 11.9 Å². The van der Waals surface area contributed by atoms with Crippen LogP contribution in [0.2, 0.25) is 0 Å². The molecule has 1 saturated carbocycles. The van der Waals surface area contributed by atoms with Crippen LogP contribution >= 0.6 is 0 Å². The van der Waals surface area contributed by atoms with Crippen molar-refractivity contribution in [3.8, 4) is 0 Å². The summed E-state index contributed by atoms with van der Waals surface area (Å²) in [6.45, 7) is 2.74. The number of allylic oxidation sites excluding steroid dienone is 1. The Balaban J connectivity index is 2.14. The Labute approximate surface area is 104 Å². The molecule has 0 aromatic heterocycles. The van der Waals surface area contributed by atoms with Crippen molar-refractivity contribution in [2.45, 2.75) is 50.5 Å². The average Bonchev–Trinajstić information content (AvgIpc) is 2.66. The standard InChI is InChI=1S/C13H15FO4/c1-7(15)18-13-8-3-4-10(13)17-11(16)9(13)6-12(2,14)5-8/h6,8,10H,3-5H2,1-2H3/t8-,10-,12+,13+/m1/s1. The summed E-state index contributed by atoms with van der Waals surface area (Å²) in [4.78, 5) is 23.2. The van der Waals surface area contributed by atoms with E-state index in [0.29, 0.717) is 12.8 Å². The fourth-order valence-corrected chi connectivity index (χ4v) is 3.65. The summed E-state index contributed by atoms with van der Waals surface area (Å²) in [5, 5.41) is 0. The Morgan fingerprint density at radius 2 is 2.28 bits per heavy atom. The molecule has 0 bridgehead atoms. The van der Waals surface area contributed by atoms with Crippen molar-refractivity contribution >= 4 is 11.9 Å². The molecule has 0 N–H and O–H groups in total. The van der Waals surface area contributed by atoms with Crippen LogP contribution < -0.4 is 0 Å². The molecule has 18 heavy (non-hydrogen) atoms. The molecule has 1 heterocycles. The summed E-state index contributed by atoms with van der Waals surface area (Å²) in [6, 6.07) is 0. The zero-order valence-corrected chi connectivity index (χ0v) is 10.4. The number of hydrogen-bond donors (Lipinski definition) is 0. The number of ether oxygens (including phenoxy) is 2. The van der Waals surface area contributed by atoms with Gasteiger partial charge in [-0.25, -0.2) is 9.18 Å². The van der Waals surface area contributed by atoms with E-state index in [4.69, 9.17) is 9.47 Å². The molecule has 5 heteroatoms. The second-order valence-electron chi connectivity index (χ2n) is 5.60. The van der Waals surface area contributed by atoms with Gasteiger partial charge in [-0.15, -0.1) is 0 Å². The molecular formula is C13H15FO4. The van der Waals surface area contributed by atoms with Crippen molar-refractivity contribution in [2.75, 3.05) is 0 Å². The van der Waals surface area contributed by atoms with Crippen LogP contribution in [0.4, 0.5) is 4.39 Å². The minimum Gasteiger partial charge on any atom is -0.454 e. The van der Waals surface area contributed by atoms with E-state index in [9.17, 15) is 14.0 Å². The first-order chi connectivity index (χ1) is 8.35. The third-order valence-corrected chi connectivity index (χ3v) is 4.16. The molecule has 4 atom stereocenters. The number of rotatable bonds is 1. The Hall–Kier alpha value is -1.39. The van der Waals surface area contributed by atoms with Crippen LogP contribution in [0.5, 0.6) is 0 Å². The minimum atomic E-state index is -1.54. The van der Waals surface area contributed by atoms with E-state index in [1.54, 1.807) is 0 Å². The lowest BCUT2D eigenvalue weighted by atomic mass is 9.72. The molecule has 98 valence electrons. The van der Waals surface area contributed by atoms with E-state index in [-0.39, 0.29) is 17.9 Å². The van der Waals surface area contributed by atoms with Crippen LogP contribution in [-0.4, -0.2) is 29.3 Å². The molecule has 3 rings (SSSR count). The number of alkyl halides is 1. The van der Waals surface area contributed by atoms with E-state index >= 15 is 0 Å². The van der Waals surface area contributed by atoms with Gasteiger partial charge in [-0.05, 0) is 32.3 Å². The van der Waals surface area contributed by atoms with Gasteiger partial charge in [-0.2, -0.15) is 0 Å². The average molecular weight is 254 g/mol. The van der Waals surface area contributed by atoms with Gasteiger partial charge in [0, 0.05) is 12.8 Å². The largest absolute Gasteiger partial charge is 0.454 e. The summed E-state index contributed by atoms with van der Waals surface area (Å²) in [7, 11) is 0. The van der Waals surface area contributed by atoms with Gasteiger partial charge in [0.2, 0.25) is 0 Å². The lowest BCUT2D eigenvalue weighted by molar-refractivity contribution is -0.165. The van der Waals surface area contributed by atoms with Crippen LogP contribution in [0, 0.1) is 5.92 Å². The van der Waals surface area contributed by atoms with E-state index in [1.165, 1.54) is 19.9 Å². The van der Waals surface area contributed by atoms with Crippen molar-refractivity contribution in [3.05, 3.63) is 11.6 Å². The highest BCUT2D eigenvalue weighted by Crippen LogP contribution is 2.56. The lowest BCUT2D eigenvalue weighted by Gasteiger charge is -2.39. The highest BCUT2D eigenvalue weighted by Gasteiger charge is 2.67. The topological polar surface area (TPSA) is 52.6 Å². The molecule has 0 aromatic carbocycles. The van der Waals surface area contributed by atoms with Crippen molar-refractivity contribution in [1.82, 2.24) is 0 Å². The van der Waals surface area contributed by atoms with Crippen molar-refractivity contribution in [2.24, 2.45) is 5.92 Å². The van der Waals surface area contributed by atoms with Crippen LogP contribution in [0.1, 0.15) is 33.1 Å². The predicted molar refractivity (Wildman–Crippen MR) is 59.3 cm³/mol. The van der Waals surface area contributed by atoms with E-state index in [2.05, 4.69) is 0 Å². The van der Waals surface area contributed by atoms with Crippen LogP contribution in [0.3, 0.4) is 0 Å². The van der Waals surface area contributed by atoms with Crippen molar-refractivity contribution in [3.63, 3.8) is 0 Å². The second-order valence-corrected chi connectivity index (χ2v) is 5.60. The van der Waals surface area contributed by atoms with Gasteiger partial charge in [-0.1, -0.05) is 0 Å². The van der Waals surface area contributed by atoms with Gasteiger partial charge in [0.05, 0.1) is 5.57 Å². The Morgan fingerprint density at radius 3 is 2.94 bits per heavy atom. The first kappa shape index (κ1) is 11.7. The molecule has 2 aliphatic carbocycles. The number of esters is 2. The number of hydrogen-bond acceptors (Lipinski definition) is 4. The van der Waals surface area contributed by atoms with Gasteiger partial charge in [0.1, 0.15) is 11.8 Å². The van der Waals surface area contributed by atoms with Gasteiger partial charge in [0.25, 0.3) is 0 Å². The minimum absolute atomic E-state index is 0.173. The molecule has 0 unspecified atom stereocenters. The van der Waals surface area contributed by atoms with Crippen LogP contribution in [0.25, 0.3) is 0 Å². The summed E-state index contributed by atoms with van der Waals surface area (Å²) in [6.07, 6.45) is 2.43. The smallest absolute Gasteiger partial charge is 0.338 e. The molecule has 4 nitrogen and oxygen atoms in total. The number of carbonyl (C=O) groups is 2. The molecule has 0 aromatic rings. The van der Waals surface area contributed by atoms with Gasteiger partial charge in [0.15, 0.2) is 5.60 Å². The molecule has 3 aliphatic rings. The number of halogens is 1. The molecule has 0 spiro atoms.